The molecule has 0 saturated carbocycles. The number of carboxylic acid groups (broad SMARTS) is 1. The fourth-order valence-corrected chi connectivity index (χ4v) is 3.47. The minimum absolute atomic E-state index is 0.187. The number of nitrogens with one attached hydrogen (secondary N) is 1. The van der Waals surface area contributed by atoms with E-state index in [9.17, 15) is 19.8 Å². The summed E-state index contributed by atoms with van der Waals surface area (Å²) in [5.41, 5.74) is -1.06. The summed E-state index contributed by atoms with van der Waals surface area (Å²) in [6.07, 6.45) is -1.38. The normalized spacial score (nSPS) is 28.5. The molecule has 1 aromatic carbocycles. The molecule has 2 amide bonds. The SMILES string of the molecule is C[C@H]1CN(C(=O)O)C(Cc2ccccc2)[C@@H](NC(=O)OC(C)(C)C)[C@]1(C)O. The van der Waals surface area contributed by atoms with Crippen molar-refractivity contribution in [2.24, 2.45) is 5.92 Å². The quantitative estimate of drug-likeness (QED) is 0.751. The van der Waals surface area contributed by atoms with Gasteiger partial charge >= 0.3 is 12.2 Å². The zero-order valence-corrected chi connectivity index (χ0v) is 16.6. The van der Waals surface area contributed by atoms with E-state index in [2.05, 4.69) is 5.32 Å². The molecule has 0 spiro atoms. The smallest absolute Gasteiger partial charge is 0.408 e. The molecule has 1 heterocycles. The Labute approximate surface area is 160 Å². The van der Waals surface area contributed by atoms with Crippen molar-refractivity contribution in [3.05, 3.63) is 35.9 Å². The number of benzene rings is 1. The number of aliphatic hydroxyl groups is 1. The summed E-state index contributed by atoms with van der Waals surface area (Å²) >= 11 is 0. The van der Waals surface area contributed by atoms with Gasteiger partial charge in [-0.2, -0.15) is 0 Å². The number of rotatable bonds is 3. The van der Waals surface area contributed by atoms with Gasteiger partial charge < -0.3 is 25.2 Å². The van der Waals surface area contributed by atoms with Crippen LogP contribution in [0.5, 0.6) is 0 Å². The molecular weight excluding hydrogens is 348 g/mol. The molecule has 2 rings (SSSR count). The molecule has 1 unspecified atom stereocenters. The number of piperidine rings is 1. The van der Waals surface area contributed by atoms with Crippen molar-refractivity contribution in [2.75, 3.05) is 6.54 Å². The van der Waals surface area contributed by atoms with Crippen LogP contribution < -0.4 is 5.32 Å². The molecule has 0 radical (unpaired) electrons. The molecule has 27 heavy (non-hydrogen) atoms. The van der Waals surface area contributed by atoms with Crippen molar-refractivity contribution < 1.29 is 24.5 Å². The van der Waals surface area contributed by atoms with Crippen molar-refractivity contribution >= 4 is 12.2 Å². The van der Waals surface area contributed by atoms with E-state index in [1.54, 1.807) is 34.6 Å². The average molecular weight is 378 g/mol. The van der Waals surface area contributed by atoms with E-state index in [0.29, 0.717) is 6.42 Å². The van der Waals surface area contributed by atoms with Gasteiger partial charge in [-0.3, -0.25) is 0 Å². The Morgan fingerprint density at radius 1 is 1.30 bits per heavy atom. The Bertz CT molecular complexity index is 669. The van der Waals surface area contributed by atoms with Crippen LogP contribution in [-0.2, 0) is 11.2 Å². The Morgan fingerprint density at radius 2 is 1.89 bits per heavy atom. The van der Waals surface area contributed by atoms with E-state index in [1.807, 2.05) is 30.3 Å². The molecule has 0 aromatic heterocycles. The molecule has 1 saturated heterocycles. The van der Waals surface area contributed by atoms with Crippen LogP contribution in [0.1, 0.15) is 40.2 Å². The molecule has 3 N–H and O–H groups in total. The lowest BCUT2D eigenvalue weighted by Crippen LogP contribution is -2.71. The fraction of sp³-hybridized carbons (Fsp3) is 0.600. The molecule has 1 fully saturated rings. The number of amides is 2. The number of ether oxygens (including phenoxy) is 1. The Kier molecular flexibility index (Phi) is 6.04. The van der Waals surface area contributed by atoms with Crippen molar-refractivity contribution in [3.63, 3.8) is 0 Å². The maximum atomic E-state index is 12.4. The first-order valence-corrected chi connectivity index (χ1v) is 9.17. The molecule has 0 bridgehead atoms. The van der Waals surface area contributed by atoms with Gasteiger partial charge in [0.25, 0.3) is 0 Å². The van der Waals surface area contributed by atoms with Gasteiger partial charge in [-0.1, -0.05) is 37.3 Å². The monoisotopic (exact) mass is 378 g/mol. The lowest BCUT2D eigenvalue weighted by Gasteiger charge is -2.51. The van der Waals surface area contributed by atoms with Gasteiger partial charge in [-0.05, 0) is 39.7 Å². The zero-order valence-electron chi connectivity index (χ0n) is 16.6. The molecule has 7 nitrogen and oxygen atoms in total. The third kappa shape index (κ3) is 5.13. The van der Waals surface area contributed by atoms with Gasteiger partial charge in [-0.25, -0.2) is 9.59 Å². The minimum Gasteiger partial charge on any atom is -0.465 e. The maximum absolute atomic E-state index is 12.4. The molecule has 7 heteroatoms. The molecule has 1 aliphatic rings. The second kappa shape index (κ2) is 7.76. The minimum atomic E-state index is -1.29. The number of carbonyl (C=O) groups excluding carboxylic acids is 1. The summed E-state index contributed by atoms with van der Waals surface area (Å²) in [5.74, 6) is -0.361. The van der Waals surface area contributed by atoms with E-state index >= 15 is 0 Å². The zero-order chi connectivity index (χ0) is 20.4. The van der Waals surface area contributed by atoms with Crippen LogP contribution in [0.3, 0.4) is 0 Å². The van der Waals surface area contributed by atoms with Crippen LogP contribution in [0, 0.1) is 5.92 Å². The molecule has 4 atom stereocenters. The molecular formula is C20H30N2O5. The molecule has 1 aromatic rings. The lowest BCUT2D eigenvalue weighted by molar-refractivity contribution is -0.0953. The summed E-state index contributed by atoms with van der Waals surface area (Å²) in [4.78, 5) is 25.6. The van der Waals surface area contributed by atoms with Crippen LogP contribution in [0.2, 0.25) is 0 Å². The number of hydrogen-bond donors (Lipinski definition) is 3. The largest absolute Gasteiger partial charge is 0.465 e. The number of likely N-dealkylation sites (tertiary alicyclic amines) is 1. The van der Waals surface area contributed by atoms with Crippen LogP contribution in [0.4, 0.5) is 9.59 Å². The highest BCUT2D eigenvalue weighted by Crippen LogP contribution is 2.33. The van der Waals surface area contributed by atoms with E-state index in [0.717, 1.165) is 5.56 Å². The van der Waals surface area contributed by atoms with Crippen LogP contribution in [-0.4, -0.2) is 57.1 Å². The third-order valence-corrected chi connectivity index (χ3v) is 5.09. The van der Waals surface area contributed by atoms with Gasteiger partial charge in [0.1, 0.15) is 5.60 Å². The summed E-state index contributed by atoms with van der Waals surface area (Å²) in [6.45, 7) is 8.85. The Hall–Kier alpha value is -2.28. The highest BCUT2D eigenvalue weighted by molar-refractivity contribution is 5.70. The topological polar surface area (TPSA) is 99.1 Å². The standard InChI is InChI=1S/C20H30N2O5/c1-13-12-22(18(24)25)15(11-14-9-7-6-8-10-14)16(20(13,5)26)21-17(23)27-19(2,3)4/h6-10,13,15-16,26H,11-12H2,1-5H3,(H,21,23)(H,24,25)/t13-,15?,16+,20+/m0/s1. The third-order valence-electron chi connectivity index (χ3n) is 5.09. The number of nitrogens with zero attached hydrogens (tertiary/aromatic N) is 1. The van der Waals surface area contributed by atoms with E-state index in [1.165, 1.54) is 4.90 Å². The first kappa shape index (κ1) is 21.0. The maximum Gasteiger partial charge on any atom is 0.408 e. The molecule has 0 aliphatic carbocycles. The summed E-state index contributed by atoms with van der Waals surface area (Å²) < 4.78 is 5.34. The van der Waals surface area contributed by atoms with Crippen LogP contribution >= 0.6 is 0 Å². The molecule has 1 aliphatic heterocycles. The van der Waals surface area contributed by atoms with Gasteiger partial charge in [0.15, 0.2) is 0 Å². The van der Waals surface area contributed by atoms with Gasteiger partial charge in [0.2, 0.25) is 0 Å². The Balaban J connectivity index is 2.36. The highest BCUT2D eigenvalue weighted by atomic mass is 16.6. The second-order valence-electron chi connectivity index (χ2n) is 8.44. The van der Waals surface area contributed by atoms with E-state index in [4.69, 9.17) is 4.74 Å². The van der Waals surface area contributed by atoms with Crippen molar-refractivity contribution in [3.8, 4) is 0 Å². The number of alkyl carbamates (subject to hydrolysis) is 1. The first-order valence-electron chi connectivity index (χ1n) is 9.17. The van der Waals surface area contributed by atoms with Gasteiger partial charge in [-0.15, -0.1) is 0 Å². The average Bonchev–Trinajstić information content (AvgIpc) is 2.53. The second-order valence-corrected chi connectivity index (χ2v) is 8.44. The first-order chi connectivity index (χ1) is 12.4. The van der Waals surface area contributed by atoms with Crippen molar-refractivity contribution in [1.82, 2.24) is 10.2 Å². The predicted molar refractivity (Wildman–Crippen MR) is 102 cm³/mol. The Morgan fingerprint density at radius 3 is 2.41 bits per heavy atom. The lowest BCUT2D eigenvalue weighted by atomic mass is 9.74. The van der Waals surface area contributed by atoms with Crippen LogP contribution in [0.15, 0.2) is 30.3 Å². The van der Waals surface area contributed by atoms with E-state index in [-0.39, 0.29) is 12.5 Å². The van der Waals surface area contributed by atoms with Crippen LogP contribution in [0.25, 0.3) is 0 Å². The van der Waals surface area contributed by atoms with E-state index < -0.39 is 35.5 Å². The predicted octanol–water partition coefficient (Wildman–Crippen LogP) is 2.87. The fourth-order valence-electron chi connectivity index (χ4n) is 3.47. The highest BCUT2D eigenvalue weighted by Gasteiger charge is 2.51. The van der Waals surface area contributed by atoms with Gasteiger partial charge in [0.05, 0.1) is 17.7 Å². The summed E-state index contributed by atoms with van der Waals surface area (Å²) in [6, 6.07) is 8.00. The molecule has 150 valence electrons. The van der Waals surface area contributed by atoms with Crippen molar-refractivity contribution in [2.45, 2.75) is 64.3 Å². The number of hydrogen-bond acceptors (Lipinski definition) is 4. The number of carbonyl (C=O) groups is 2. The van der Waals surface area contributed by atoms with Crippen molar-refractivity contribution in [1.29, 1.82) is 0 Å². The summed E-state index contributed by atoms with van der Waals surface area (Å²) in [7, 11) is 0. The summed E-state index contributed by atoms with van der Waals surface area (Å²) in [5, 5.41) is 23.6. The van der Waals surface area contributed by atoms with Gasteiger partial charge in [0, 0.05) is 12.5 Å².